The molecule has 0 saturated carbocycles. The van der Waals surface area contributed by atoms with E-state index < -0.39 is 0 Å². The Balaban J connectivity index is 2.02. The lowest BCUT2D eigenvalue weighted by molar-refractivity contribution is -0.125. The second-order valence-electron chi connectivity index (χ2n) is 4.54. The fraction of sp³-hybridized carbons (Fsp3) is 0.500. The Morgan fingerprint density at radius 1 is 1.62 bits per heavy atom. The summed E-state index contributed by atoms with van der Waals surface area (Å²) in [5, 5.41) is 6.18. The molecule has 1 aliphatic heterocycles. The van der Waals surface area contributed by atoms with E-state index in [4.69, 9.17) is 0 Å². The molecule has 0 aromatic carbocycles. The normalized spacial score (nSPS) is 25.1. The third kappa shape index (κ3) is 2.39. The molecule has 1 atom stereocenters. The van der Waals surface area contributed by atoms with Gasteiger partial charge in [0, 0.05) is 12.7 Å². The van der Waals surface area contributed by atoms with E-state index in [9.17, 15) is 4.79 Å². The highest BCUT2D eigenvalue weighted by Crippen LogP contribution is 2.26. The van der Waals surface area contributed by atoms with Crippen LogP contribution in [-0.4, -0.2) is 24.0 Å². The van der Waals surface area contributed by atoms with Crippen LogP contribution in [0.15, 0.2) is 24.5 Å². The number of nitrogens with zero attached hydrogens (tertiary/aromatic N) is 1. The van der Waals surface area contributed by atoms with Gasteiger partial charge in [0.2, 0.25) is 5.91 Å². The molecule has 1 aliphatic rings. The van der Waals surface area contributed by atoms with Crippen LogP contribution in [0, 0.1) is 5.41 Å². The second-order valence-corrected chi connectivity index (χ2v) is 4.54. The molecule has 4 nitrogen and oxygen atoms in total. The number of carbonyl (C=O) groups is 1. The van der Waals surface area contributed by atoms with Gasteiger partial charge in [0.15, 0.2) is 0 Å². The standard InChI is InChI=1S/C12H17N3O/c1-12(5-3-7-14-9-12)11(16)15-10-4-2-6-13-8-10/h2,4,6,8,14H,3,5,7,9H2,1H3,(H,15,16). The fourth-order valence-electron chi connectivity index (χ4n) is 1.97. The monoisotopic (exact) mass is 219 g/mol. The number of amides is 1. The summed E-state index contributed by atoms with van der Waals surface area (Å²) in [6.07, 6.45) is 5.35. The Morgan fingerprint density at radius 3 is 3.12 bits per heavy atom. The Hall–Kier alpha value is -1.42. The molecule has 2 rings (SSSR count). The highest BCUT2D eigenvalue weighted by molar-refractivity contribution is 5.95. The van der Waals surface area contributed by atoms with E-state index in [1.54, 1.807) is 12.4 Å². The average Bonchev–Trinajstić information content (AvgIpc) is 2.31. The Kier molecular flexibility index (Phi) is 3.19. The van der Waals surface area contributed by atoms with Gasteiger partial charge < -0.3 is 10.6 Å². The number of anilines is 1. The fourth-order valence-corrected chi connectivity index (χ4v) is 1.97. The van der Waals surface area contributed by atoms with Gasteiger partial charge in [0.05, 0.1) is 17.3 Å². The molecule has 4 heteroatoms. The van der Waals surface area contributed by atoms with Gasteiger partial charge >= 0.3 is 0 Å². The lowest BCUT2D eigenvalue weighted by Gasteiger charge is -2.32. The summed E-state index contributed by atoms with van der Waals surface area (Å²) in [7, 11) is 0. The van der Waals surface area contributed by atoms with E-state index in [2.05, 4.69) is 15.6 Å². The summed E-state index contributed by atoms with van der Waals surface area (Å²) in [6, 6.07) is 3.67. The van der Waals surface area contributed by atoms with Gasteiger partial charge in [0.1, 0.15) is 0 Å². The Morgan fingerprint density at radius 2 is 2.50 bits per heavy atom. The van der Waals surface area contributed by atoms with Crippen LogP contribution in [-0.2, 0) is 4.79 Å². The quantitative estimate of drug-likeness (QED) is 0.790. The van der Waals surface area contributed by atoms with E-state index >= 15 is 0 Å². The van der Waals surface area contributed by atoms with E-state index in [1.165, 1.54) is 0 Å². The zero-order valence-corrected chi connectivity index (χ0v) is 9.49. The lowest BCUT2D eigenvalue weighted by Crippen LogP contribution is -2.46. The molecule has 1 unspecified atom stereocenters. The van der Waals surface area contributed by atoms with Crippen LogP contribution in [0.4, 0.5) is 5.69 Å². The maximum absolute atomic E-state index is 12.1. The molecule has 0 bridgehead atoms. The van der Waals surface area contributed by atoms with Crippen LogP contribution in [0.3, 0.4) is 0 Å². The van der Waals surface area contributed by atoms with Crippen LogP contribution in [0.25, 0.3) is 0 Å². The predicted molar refractivity (Wildman–Crippen MR) is 63.1 cm³/mol. The molecule has 0 spiro atoms. The average molecular weight is 219 g/mol. The smallest absolute Gasteiger partial charge is 0.231 e. The number of aromatic nitrogens is 1. The second kappa shape index (κ2) is 4.61. The van der Waals surface area contributed by atoms with Crippen molar-refractivity contribution < 1.29 is 4.79 Å². The molecule has 1 fully saturated rings. The summed E-state index contributed by atoms with van der Waals surface area (Å²) in [4.78, 5) is 16.1. The summed E-state index contributed by atoms with van der Waals surface area (Å²) < 4.78 is 0. The predicted octanol–water partition coefficient (Wildman–Crippen LogP) is 1.41. The SMILES string of the molecule is CC1(C(=O)Nc2cccnc2)CCCNC1. The first-order valence-electron chi connectivity index (χ1n) is 5.63. The van der Waals surface area contributed by atoms with Crippen molar-refractivity contribution in [2.75, 3.05) is 18.4 Å². The van der Waals surface area contributed by atoms with Crippen LogP contribution < -0.4 is 10.6 Å². The van der Waals surface area contributed by atoms with Gasteiger partial charge in [-0.3, -0.25) is 9.78 Å². The maximum Gasteiger partial charge on any atom is 0.231 e. The molecule has 0 radical (unpaired) electrons. The molecular formula is C12H17N3O. The minimum atomic E-state index is -0.298. The van der Waals surface area contributed by atoms with Gasteiger partial charge in [-0.15, -0.1) is 0 Å². The first-order chi connectivity index (χ1) is 7.71. The minimum absolute atomic E-state index is 0.0766. The zero-order valence-electron chi connectivity index (χ0n) is 9.49. The summed E-state index contributed by atoms with van der Waals surface area (Å²) >= 11 is 0. The van der Waals surface area contributed by atoms with Gasteiger partial charge in [0.25, 0.3) is 0 Å². The van der Waals surface area contributed by atoms with E-state index in [0.717, 1.165) is 31.6 Å². The molecule has 2 N–H and O–H groups in total. The summed E-state index contributed by atoms with van der Waals surface area (Å²) in [6.45, 7) is 3.76. The van der Waals surface area contributed by atoms with Crippen LogP contribution >= 0.6 is 0 Å². The Bertz CT molecular complexity index is 358. The molecule has 16 heavy (non-hydrogen) atoms. The number of piperidine rings is 1. The van der Waals surface area contributed by atoms with Crippen molar-refractivity contribution in [1.82, 2.24) is 10.3 Å². The van der Waals surface area contributed by atoms with E-state index in [1.807, 2.05) is 19.1 Å². The summed E-state index contributed by atoms with van der Waals surface area (Å²) in [5.74, 6) is 0.0766. The van der Waals surface area contributed by atoms with Crippen molar-refractivity contribution in [3.05, 3.63) is 24.5 Å². The topological polar surface area (TPSA) is 54.0 Å². The zero-order chi connectivity index (χ0) is 11.4. The van der Waals surface area contributed by atoms with Crippen molar-refractivity contribution >= 4 is 11.6 Å². The molecule has 1 aromatic rings. The molecule has 86 valence electrons. The molecule has 1 amide bonds. The minimum Gasteiger partial charge on any atom is -0.324 e. The number of pyridine rings is 1. The third-order valence-electron chi connectivity index (χ3n) is 3.06. The first kappa shape index (κ1) is 11.1. The number of carbonyl (C=O) groups excluding carboxylic acids is 1. The van der Waals surface area contributed by atoms with E-state index in [-0.39, 0.29) is 11.3 Å². The molecular weight excluding hydrogens is 202 g/mol. The molecule has 1 saturated heterocycles. The van der Waals surface area contributed by atoms with Crippen LogP contribution in [0.2, 0.25) is 0 Å². The third-order valence-corrected chi connectivity index (χ3v) is 3.06. The van der Waals surface area contributed by atoms with Gasteiger partial charge in [-0.25, -0.2) is 0 Å². The lowest BCUT2D eigenvalue weighted by atomic mass is 9.82. The number of hydrogen-bond acceptors (Lipinski definition) is 3. The van der Waals surface area contributed by atoms with E-state index in [0.29, 0.717) is 0 Å². The van der Waals surface area contributed by atoms with Gasteiger partial charge in [-0.1, -0.05) is 0 Å². The number of rotatable bonds is 2. The first-order valence-corrected chi connectivity index (χ1v) is 5.63. The van der Waals surface area contributed by atoms with Crippen molar-refractivity contribution in [2.45, 2.75) is 19.8 Å². The number of nitrogens with one attached hydrogen (secondary N) is 2. The Labute approximate surface area is 95.5 Å². The van der Waals surface area contributed by atoms with Crippen molar-refractivity contribution in [3.8, 4) is 0 Å². The molecule has 2 heterocycles. The van der Waals surface area contributed by atoms with Crippen LogP contribution in [0.1, 0.15) is 19.8 Å². The highest BCUT2D eigenvalue weighted by Gasteiger charge is 2.34. The van der Waals surface area contributed by atoms with Crippen molar-refractivity contribution in [2.24, 2.45) is 5.41 Å². The highest BCUT2D eigenvalue weighted by atomic mass is 16.2. The van der Waals surface area contributed by atoms with Gasteiger partial charge in [-0.2, -0.15) is 0 Å². The van der Waals surface area contributed by atoms with Crippen molar-refractivity contribution in [1.29, 1.82) is 0 Å². The molecule has 0 aliphatic carbocycles. The number of hydrogen-bond donors (Lipinski definition) is 2. The maximum atomic E-state index is 12.1. The summed E-state index contributed by atoms with van der Waals surface area (Å²) in [5.41, 5.74) is 0.466. The molecule has 1 aromatic heterocycles. The van der Waals surface area contributed by atoms with Crippen molar-refractivity contribution in [3.63, 3.8) is 0 Å². The van der Waals surface area contributed by atoms with Crippen LogP contribution in [0.5, 0.6) is 0 Å². The largest absolute Gasteiger partial charge is 0.324 e. The van der Waals surface area contributed by atoms with Gasteiger partial charge in [-0.05, 0) is 38.4 Å².